The SMILES string of the molecule is C/C(=N/NC(=O)c1ccc(CSCc2ccccc2)cc1)c1cccs1. The summed E-state index contributed by atoms with van der Waals surface area (Å²) in [4.78, 5) is 13.3. The number of nitrogens with one attached hydrogen (secondary N) is 1. The number of nitrogens with zero attached hydrogens (tertiary/aromatic N) is 1. The van der Waals surface area contributed by atoms with Gasteiger partial charge >= 0.3 is 0 Å². The van der Waals surface area contributed by atoms with Crippen LogP contribution in [0, 0.1) is 0 Å². The molecule has 1 heterocycles. The van der Waals surface area contributed by atoms with Crippen molar-refractivity contribution in [1.82, 2.24) is 5.43 Å². The molecule has 0 bridgehead atoms. The van der Waals surface area contributed by atoms with Crippen molar-refractivity contribution in [3.8, 4) is 0 Å². The van der Waals surface area contributed by atoms with E-state index in [-0.39, 0.29) is 5.91 Å². The molecule has 132 valence electrons. The number of thiophene rings is 1. The summed E-state index contributed by atoms with van der Waals surface area (Å²) >= 11 is 3.47. The van der Waals surface area contributed by atoms with Gasteiger partial charge in [0.15, 0.2) is 0 Å². The first kappa shape index (κ1) is 18.4. The van der Waals surface area contributed by atoms with Gasteiger partial charge in [0.2, 0.25) is 0 Å². The predicted octanol–water partition coefficient (Wildman–Crippen LogP) is 5.34. The van der Waals surface area contributed by atoms with Crippen molar-refractivity contribution in [1.29, 1.82) is 0 Å². The fourth-order valence-corrected chi connectivity index (χ4v) is 3.99. The topological polar surface area (TPSA) is 41.5 Å². The van der Waals surface area contributed by atoms with Crippen molar-refractivity contribution in [3.63, 3.8) is 0 Å². The third kappa shape index (κ3) is 5.31. The second-order valence-electron chi connectivity index (χ2n) is 5.79. The lowest BCUT2D eigenvalue weighted by Gasteiger charge is -2.05. The molecule has 3 rings (SSSR count). The van der Waals surface area contributed by atoms with Gasteiger partial charge < -0.3 is 0 Å². The van der Waals surface area contributed by atoms with E-state index in [4.69, 9.17) is 0 Å². The standard InChI is InChI=1S/C21H20N2OS2/c1-16(20-8-5-13-26-20)22-23-21(24)19-11-9-18(10-12-19)15-25-14-17-6-3-2-4-7-17/h2-13H,14-15H2,1H3,(H,23,24)/b22-16-. The highest BCUT2D eigenvalue weighted by Crippen LogP contribution is 2.18. The van der Waals surface area contributed by atoms with Gasteiger partial charge in [-0.1, -0.05) is 48.5 Å². The molecule has 3 nitrogen and oxygen atoms in total. The number of thioether (sulfide) groups is 1. The summed E-state index contributed by atoms with van der Waals surface area (Å²) < 4.78 is 0. The summed E-state index contributed by atoms with van der Waals surface area (Å²) in [7, 11) is 0. The van der Waals surface area contributed by atoms with E-state index in [0.717, 1.165) is 22.1 Å². The first-order chi connectivity index (χ1) is 12.7. The summed E-state index contributed by atoms with van der Waals surface area (Å²) in [6.45, 7) is 1.89. The molecule has 1 N–H and O–H groups in total. The molecule has 2 aromatic carbocycles. The van der Waals surface area contributed by atoms with E-state index in [1.165, 1.54) is 11.1 Å². The quantitative estimate of drug-likeness (QED) is 0.444. The lowest BCUT2D eigenvalue weighted by molar-refractivity contribution is 0.0955. The molecule has 0 fully saturated rings. The van der Waals surface area contributed by atoms with E-state index in [9.17, 15) is 4.79 Å². The van der Waals surface area contributed by atoms with Gasteiger partial charge in [-0.3, -0.25) is 4.79 Å². The number of benzene rings is 2. The number of amides is 1. The first-order valence-corrected chi connectivity index (χ1v) is 10.3. The van der Waals surface area contributed by atoms with Crippen LogP contribution in [0.2, 0.25) is 0 Å². The van der Waals surface area contributed by atoms with Crippen molar-refractivity contribution in [2.24, 2.45) is 5.10 Å². The van der Waals surface area contributed by atoms with E-state index in [1.807, 2.05) is 66.5 Å². The van der Waals surface area contributed by atoms with E-state index in [1.54, 1.807) is 11.3 Å². The number of carbonyl (C=O) groups is 1. The minimum atomic E-state index is -0.190. The van der Waals surface area contributed by atoms with Crippen LogP contribution in [0.4, 0.5) is 0 Å². The normalized spacial score (nSPS) is 11.3. The van der Waals surface area contributed by atoms with Crippen LogP contribution in [0.3, 0.4) is 0 Å². The maximum Gasteiger partial charge on any atom is 0.271 e. The van der Waals surface area contributed by atoms with Gasteiger partial charge in [0.25, 0.3) is 5.91 Å². The Balaban J connectivity index is 1.50. The molecule has 0 radical (unpaired) electrons. The number of carbonyl (C=O) groups excluding carboxylic acids is 1. The van der Waals surface area contributed by atoms with Gasteiger partial charge in [-0.05, 0) is 41.6 Å². The number of hydrazone groups is 1. The molecule has 0 spiro atoms. The van der Waals surface area contributed by atoms with Gasteiger partial charge in [0, 0.05) is 21.9 Å². The average Bonchev–Trinajstić information content (AvgIpc) is 3.22. The molecule has 0 saturated heterocycles. The van der Waals surface area contributed by atoms with Crippen molar-refractivity contribution >= 4 is 34.7 Å². The summed E-state index contributed by atoms with van der Waals surface area (Å²) in [5.74, 6) is 1.72. The molecular formula is C21H20N2OS2. The molecule has 1 amide bonds. The lowest BCUT2D eigenvalue weighted by Crippen LogP contribution is -2.19. The van der Waals surface area contributed by atoms with E-state index < -0.39 is 0 Å². The molecule has 0 saturated carbocycles. The van der Waals surface area contributed by atoms with E-state index >= 15 is 0 Å². The minimum absolute atomic E-state index is 0.190. The van der Waals surface area contributed by atoms with Crippen LogP contribution in [-0.4, -0.2) is 11.6 Å². The predicted molar refractivity (Wildman–Crippen MR) is 112 cm³/mol. The van der Waals surface area contributed by atoms with E-state index in [0.29, 0.717) is 5.56 Å². The van der Waals surface area contributed by atoms with Crippen molar-refractivity contribution in [2.75, 3.05) is 0 Å². The second kappa shape index (κ2) is 9.36. The molecular weight excluding hydrogens is 360 g/mol. The molecule has 5 heteroatoms. The fourth-order valence-electron chi connectivity index (χ4n) is 2.35. The maximum atomic E-state index is 12.2. The Morgan fingerprint density at radius 3 is 2.31 bits per heavy atom. The van der Waals surface area contributed by atoms with E-state index in [2.05, 4.69) is 34.8 Å². The zero-order valence-electron chi connectivity index (χ0n) is 14.5. The minimum Gasteiger partial charge on any atom is -0.267 e. The number of hydrogen-bond acceptors (Lipinski definition) is 4. The van der Waals surface area contributed by atoms with Gasteiger partial charge in [-0.2, -0.15) is 16.9 Å². The molecule has 0 aliphatic carbocycles. The first-order valence-electron chi connectivity index (χ1n) is 8.31. The Morgan fingerprint density at radius 2 is 1.65 bits per heavy atom. The van der Waals surface area contributed by atoms with Gasteiger partial charge in [0.05, 0.1) is 5.71 Å². The van der Waals surface area contributed by atoms with Gasteiger partial charge in [-0.25, -0.2) is 5.43 Å². The van der Waals surface area contributed by atoms with Crippen LogP contribution < -0.4 is 5.43 Å². The van der Waals surface area contributed by atoms with Gasteiger partial charge in [0.1, 0.15) is 0 Å². The third-order valence-corrected chi connectivity index (χ3v) is 5.85. The highest BCUT2D eigenvalue weighted by molar-refractivity contribution is 7.97. The summed E-state index contributed by atoms with van der Waals surface area (Å²) in [5.41, 5.74) is 6.58. The van der Waals surface area contributed by atoms with Gasteiger partial charge in [-0.15, -0.1) is 11.3 Å². The highest BCUT2D eigenvalue weighted by Gasteiger charge is 2.05. The largest absolute Gasteiger partial charge is 0.271 e. The smallest absolute Gasteiger partial charge is 0.267 e. The second-order valence-corrected chi connectivity index (χ2v) is 7.72. The lowest BCUT2D eigenvalue weighted by atomic mass is 10.1. The molecule has 26 heavy (non-hydrogen) atoms. The maximum absolute atomic E-state index is 12.2. The average molecular weight is 381 g/mol. The number of rotatable bonds is 7. The summed E-state index contributed by atoms with van der Waals surface area (Å²) in [6, 6.07) is 22.1. The monoisotopic (exact) mass is 380 g/mol. The molecule has 0 aliphatic rings. The molecule has 0 atom stereocenters. The van der Waals surface area contributed by atoms with Crippen molar-refractivity contribution in [3.05, 3.63) is 93.7 Å². The van der Waals surface area contributed by atoms with Crippen LogP contribution in [0.15, 0.2) is 77.2 Å². The summed E-state index contributed by atoms with van der Waals surface area (Å²) in [5, 5.41) is 6.16. The fraction of sp³-hybridized carbons (Fsp3) is 0.143. The van der Waals surface area contributed by atoms with Crippen LogP contribution >= 0.6 is 23.1 Å². The van der Waals surface area contributed by atoms with Crippen LogP contribution in [0.5, 0.6) is 0 Å². The highest BCUT2D eigenvalue weighted by atomic mass is 32.2. The Morgan fingerprint density at radius 1 is 0.962 bits per heavy atom. The van der Waals surface area contributed by atoms with Crippen molar-refractivity contribution < 1.29 is 4.79 Å². The molecule has 0 unspecified atom stereocenters. The van der Waals surface area contributed by atoms with Crippen LogP contribution in [0.1, 0.15) is 33.3 Å². The Kier molecular flexibility index (Phi) is 6.63. The third-order valence-electron chi connectivity index (χ3n) is 3.80. The molecule has 3 aromatic rings. The summed E-state index contributed by atoms with van der Waals surface area (Å²) in [6.07, 6.45) is 0. The van der Waals surface area contributed by atoms with Crippen molar-refractivity contribution in [2.45, 2.75) is 18.4 Å². The number of hydrogen-bond donors (Lipinski definition) is 1. The Labute approximate surface area is 162 Å². The molecule has 1 aromatic heterocycles. The molecule has 0 aliphatic heterocycles. The van der Waals surface area contributed by atoms with Crippen LogP contribution in [0.25, 0.3) is 0 Å². The van der Waals surface area contributed by atoms with Crippen LogP contribution in [-0.2, 0) is 11.5 Å². The zero-order valence-corrected chi connectivity index (χ0v) is 16.1. The Hall–Kier alpha value is -2.37. The zero-order chi connectivity index (χ0) is 18.2. The Bertz CT molecular complexity index is 857.